The van der Waals surface area contributed by atoms with Crippen LogP contribution in [0, 0.1) is 0 Å². The molecule has 0 radical (unpaired) electrons. The number of anilines is 1. The zero-order chi connectivity index (χ0) is 10.8. The standard InChI is InChI=1S/C9H10F3NO/c1-13(2)7-3-5-8(6-4-7)14-9(10,11)12/h3-6H,1-2H3. The maximum atomic E-state index is 11.8. The average molecular weight is 205 g/mol. The van der Waals surface area contributed by atoms with Gasteiger partial charge in [0.05, 0.1) is 0 Å². The second-order valence-electron chi connectivity index (χ2n) is 2.94. The molecule has 5 heteroatoms. The number of ether oxygens (including phenoxy) is 1. The number of nitrogens with zero attached hydrogens (tertiary/aromatic N) is 1. The number of benzene rings is 1. The smallest absolute Gasteiger partial charge is 0.406 e. The van der Waals surface area contributed by atoms with Crippen molar-refractivity contribution in [1.29, 1.82) is 0 Å². The van der Waals surface area contributed by atoms with E-state index in [-0.39, 0.29) is 5.75 Å². The number of hydrogen-bond acceptors (Lipinski definition) is 2. The minimum Gasteiger partial charge on any atom is -0.406 e. The van der Waals surface area contributed by atoms with Crippen molar-refractivity contribution < 1.29 is 17.9 Å². The molecule has 0 saturated heterocycles. The van der Waals surface area contributed by atoms with Crippen molar-refractivity contribution in [3.8, 4) is 5.75 Å². The zero-order valence-electron chi connectivity index (χ0n) is 7.80. The van der Waals surface area contributed by atoms with E-state index in [2.05, 4.69) is 4.74 Å². The molecule has 1 aromatic rings. The van der Waals surface area contributed by atoms with Gasteiger partial charge in [0.15, 0.2) is 0 Å². The van der Waals surface area contributed by atoms with Crippen LogP contribution < -0.4 is 9.64 Å². The van der Waals surface area contributed by atoms with Crippen LogP contribution >= 0.6 is 0 Å². The molecule has 78 valence electrons. The second kappa shape index (κ2) is 3.77. The van der Waals surface area contributed by atoms with Crippen molar-refractivity contribution in [2.45, 2.75) is 6.36 Å². The molecule has 14 heavy (non-hydrogen) atoms. The van der Waals surface area contributed by atoms with E-state index >= 15 is 0 Å². The molecule has 0 aromatic heterocycles. The van der Waals surface area contributed by atoms with Crippen LogP contribution in [-0.2, 0) is 0 Å². The lowest BCUT2D eigenvalue weighted by Gasteiger charge is -2.13. The summed E-state index contributed by atoms with van der Waals surface area (Å²) in [5.74, 6) is -0.205. The van der Waals surface area contributed by atoms with E-state index in [0.717, 1.165) is 5.69 Å². The predicted molar refractivity (Wildman–Crippen MR) is 47.5 cm³/mol. The van der Waals surface area contributed by atoms with Crippen LogP contribution in [-0.4, -0.2) is 20.5 Å². The first-order valence-corrected chi connectivity index (χ1v) is 3.91. The van der Waals surface area contributed by atoms with E-state index in [1.54, 1.807) is 31.1 Å². The Hall–Kier alpha value is -1.39. The molecule has 0 aliphatic heterocycles. The van der Waals surface area contributed by atoms with Crippen LogP contribution in [0.15, 0.2) is 24.3 Å². The van der Waals surface area contributed by atoms with E-state index < -0.39 is 6.36 Å². The second-order valence-corrected chi connectivity index (χ2v) is 2.94. The van der Waals surface area contributed by atoms with Crippen molar-refractivity contribution in [3.05, 3.63) is 24.3 Å². The van der Waals surface area contributed by atoms with Gasteiger partial charge >= 0.3 is 6.36 Å². The van der Waals surface area contributed by atoms with Crippen molar-refractivity contribution in [2.75, 3.05) is 19.0 Å². The molecule has 2 nitrogen and oxygen atoms in total. The third-order valence-electron chi connectivity index (χ3n) is 1.59. The highest BCUT2D eigenvalue weighted by Gasteiger charge is 2.30. The number of hydrogen-bond donors (Lipinski definition) is 0. The molecule has 1 aromatic carbocycles. The summed E-state index contributed by atoms with van der Waals surface area (Å²) < 4.78 is 39.0. The van der Waals surface area contributed by atoms with Gasteiger partial charge in [0.2, 0.25) is 0 Å². The van der Waals surface area contributed by atoms with E-state index in [0.29, 0.717) is 0 Å². The first-order chi connectivity index (χ1) is 6.38. The van der Waals surface area contributed by atoms with Crippen LogP contribution in [0.5, 0.6) is 5.75 Å². The third-order valence-corrected chi connectivity index (χ3v) is 1.59. The summed E-state index contributed by atoms with van der Waals surface area (Å²) in [7, 11) is 3.61. The minimum absolute atomic E-state index is 0.205. The van der Waals surface area contributed by atoms with Gasteiger partial charge in [-0.25, -0.2) is 0 Å². The van der Waals surface area contributed by atoms with E-state index in [1.807, 2.05) is 0 Å². The van der Waals surface area contributed by atoms with Crippen LogP contribution in [0.25, 0.3) is 0 Å². The first kappa shape index (κ1) is 10.7. The van der Waals surface area contributed by atoms with Gasteiger partial charge in [-0.1, -0.05) is 0 Å². The highest BCUT2D eigenvalue weighted by Crippen LogP contribution is 2.24. The molecule has 0 aliphatic carbocycles. The zero-order valence-corrected chi connectivity index (χ0v) is 7.80. The van der Waals surface area contributed by atoms with Gasteiger partial charge in [0, 0.05) is 19.8 Å². The summed E-state index contributed by atoms with van der Waals surface area (Å²) in [6, 6.07) is 5.67. The molecule has 0 N–H and O–H groups in total. The maximum Gasteiger partial charge on any atom is 0.573 e. The molecule has 0 amide bonds. The largest absolute Gasteiger partial charge is 0.573 e. The van der Waals surface area contributed by atoms with Crippen molar-refractivity contribution in [1.82, 2.24) is 0 Å². The van der Waals surface area contributed by atoms with Crippen molar-refractivity contribution in [3.63, 3.8) is 0 Å². The Morgan fingerprint density at radius 2 is 1.57 bits per heavy atom. The van der Waals surface area contributed by atoms with Gasteiger partial charge in [-0.3, -0.25) is 0 Å². The van der Waals surface area contributed by atoms with Gasteiger partial charge in [0.25, 0.3) is 0 Å². The van der Waals surface area contributed by atoms with Gasteiger partial charge in [-0.15, -0.1) is 13.2 Å². The molecule has 0 spiro atoms. The Morgan fingerprint density at radius 3 is 1.93 bits per heavy atom. The minimum atomic E-state index is -4.63. The fourth-order valence-electron chi connectivity index (χ4n) is 0.946. The Kier molecular flexibility index (Phi) is 2.88. The van der Waals surface area contributed by atoms with Crippen LogP contribution in [0.3, 0.4) is 0 Å². The quantitative estimate of drug-likeness (QED) is 0.735. The predicted octanol–water partition coefficient (Wildman–Crippen LogP) is 2.65. The SMILES string of the molecule is CN(C)c1ccc(OC(F)(F)F)cc1. The number of rotatable bonds is 2. The normalized spacial score (nSPS) is 11.2. The van der Waals surface area contributed by atoms with E-state index in [1.165, 1.54) is 12.1 Å². The highest BCUT2D eigenvalue weighted by atomic mass is 19.4. The first-order valence-electron chi connectivity index (χ1n) is 3.91. The molecule has 0 atom stereocenters. The van der Waals surface area contributed by atoms with Gasteiger partial charge in [-0.2, -0.15) is 0 Å². The van der Waals surface area contributed by atoms with Crippen molar-refractivity contribution in [2.24, 2.45) is 0 Å². The molecular formula is C9H10F3NO. The summed E-state index contributed by atoms with van der Waals surface area (Å²) in [6.45, 7) is 0. The molecule has 0 fully saturated rings. The maximum absolute atomic E-state index is 11.8. The fourth-order valence-corrected chi connectivity index (χ4v) is 0.946. The number of alkyl halides is 3. The van der Waals surface area contributed by atoms with Crippen molar-refractivity contribution >= 4 is 5.69 Å². The van der Waals surface area contributed by atoms with Crippen LogP contribution in [0.1, 0.15) is 0 Å². The summed E-state index contributed by atoms with van der Waals surface area (Å²) in [6.07, 6.45) is -4.63. The third kappa shape index (κ3) is 3.16. The van der Waals surface area contributed by atoms with Crippen LogP contribution in [0.2, 0.25) is 0 Å². The Labute approximate surface area is 79.9 Å². The molecule has 0 unspecified atom stereocenters. The van der Waals surface area contributed by atoms with Gasteiger partial charge in [-0.05, 0) is 24.3 Å². The molecular weight excluding hydrogens is 195 g/mol. The molecule has 0 heterocycles. The highest BCUT2D eigenvalue weighted by molar-refractivity contribution is 5.47. The summed E-state index contributed by atoms with van der Waals surface area (Å²) in [5, 5.41) is 0. The van der Waals surface area contributed by atoms with Crippen LogP contribution in [0.4, 0.5) is 18.9 Å². The Balaban J connectivity index is 2.74. The number of halogens is 3. The van der Waals surface area contributed by atoms with Gasteiger partial charge in [0.1, 0.15) is 5.75 Å². The van der Waals surface area contributed by atoms with Gasteiger partial charge < -0.3 is 9.64 Å². The molecule has 0 bridgehead atoms. The monoisotopic (exact) mass is 205 g/mol. The molecule has 1 rings (SSSR count). The topological polar surface area (TPSA) is 12.5 Å². The summed E-state index contributed by atoms with van der Waals surface area (Å²) in [4.78, 5) is 1.79. The lowest BCUT2D eigenvalue weighted by molar-refractivity contribution is -0.274. The fraction of sp³-hybridized carbons (Fsp3) is 0.333. The lowest BCUT2D eigenvalue weighted by atomic mass is 10.3. The summed E-state index contributed by atoms with van der Waals surface area (Å²) >= 11 is 0. The lowest BCUT2D eigenvalue weighted by Crippen LogP contribution is -2.17. The van der Waals surface area contributed by atoms with E-state index in [4.69, 9.17) is 0 Å². The van der Waals surface area contributed by atoms with E-state index in [9.17, 15) is 13.2 Å². The molecule has 0 aliphatic rings. The Morgan fingerprint density at radius 1 is 1.07 bits per heavy atom. The summed E-state index contributed by atoms with van der Waals surface area (Å²) in [5.41, 5.74) is 0.819. The Bertz CT molecular complexity index is 292. The molecule has 0 saturated carbocycles. The average Bonchev–Trinajstić information content (AvgIpc) is 2.02.